The van der Waals surface area contributed by atoms with Gasteiger partial charge in [-0.25, -0.2) is 0 Å². The number of amides is 1. The molecule has 3 rings (SSSR count). The number of nitrogens with zero attached hydrogens (tertiary/aromatic N) is 1. The Morgan fingerprint density at radius 1 is 1.07 bits per heavy atom. The molecule has 27 heavy (non-hydrogen) atoms. The first-order valence-electron chi connectivity index (χ1n) is 9.37. The third-order valence-electron chi connectivity index (χ3n) is 5.85. The minimum atomic E-state index is -4.79. The van der Waals surface area contributed by atoms with E-state index in [2.05, 4.69) is 0 Å². The SMILES string of the molecule is C[C@](O)(c1ccc(C(=O)N(C2CC2)[C@H]2CC[C@](C)(O)CC2)cc1)C(F)(F)F. The Bertz CT molecular complexity index is 683. The molecule has 2 aliphatic rings. The summed E-state index contributed by atoms with van der Waals surface area (Å²) in [6.45, 7) is 2.51. The van der Waals surface area contributed by atoms with E-state index in [0.717, 1.165) is 37.8 Å². The number of hydrogen-bond acceptors (Lipinski definition) is 3. The predicted molar refractivity (Wildman–Crippen MR) is 94.1 cm³/mol. The van der Waals surface area contributed by atoms with E-state index in [-0.39, 0.29) is 23.6 Å². The highest BCUT2D eigenvalue weighted by molar-refractivity contribution is 5.95. The van der Waals surface area contributed by atoms with Crippen molar-refractivity contribution in [3.05, 3.63) is 35.4 Å². The van der Waals surface area contributed by atoms with E-state index in [1.807, 2.05) is 4.90 Å². The molecule has 0 saturated heterocycles. The number of benzene rings is 1. The van der Waals surface area contributed by atoms with Crippen molar-refractivity contribution in [1.82, 2.24) is 4.90 Å². The van der Waals surface area contributed by atoms with Crippen LogP contribution in [0.3, 0.4) is 0 Å². The molecule has 1 atom stereocenters. The zero-order valence-electron chi connectivity index (χ0n) is 15.6. The topological polar surface area (TPSA) is 60.8 Å². The van der Waals surface area contributed by atoms with E-state index >= 15 is 0 Å². The molecule has 1 aromatic rings. The predicted octanol–water partition coefficient (Wildman–Crippen LogP) is 3.75. The van der Waals surface area contributed by atoms with Crippen LogP contribution in [0.4, 0.5) is 13.2 Å². The van der Waals surface area contributed by atoms with E-state index in [1.54, 1.807) is 6.92 Å². The van der Waals surface area contributed by atoms with Gasteiger partial charge in [0.05, 0.1) is 5.60 Å². The molecule has 0 aliphatic heterocycles. The van der Waals surface area contributed by atoms with Crippen LogP contribution in [-0.4, -0.2) is 44.9 Å². The number of aliphatic hydroxyl groups is 2. The molecule has 1 amide bonds. The van der Waals surface area contributed by atoms with Crippen LogP contribution in [-0.2, 0) is 5.60 Å². The zero-order valence-corrected chi connectivity index (χ0v) is 15.6. The monoisotopic (exact) mass is 385 g/mol. The number of hydrogen-bond donors (Lipinski definition) is 2. The van der Waals surface area contributed by atoms with Gasteiger partial charge in [-0.2, -0.15) is 13.2 Å². The van der Waals surface area contributed by atoms with E-state index in [4.69, 9.17) is 0 Å². The molecule has 0 spiro atoms. The van der Waals surface area contributed by atoms with Crippen molar-refractivity contribution in [1.29, 1.82) is 0 Å². The highest BCUT2D eigenvalue weighted by atomic mass is 19.4. The van der Waals surface area contributed by atoms with Crippen LogP contribution in [0.1, 0.15) is 68.3 Å². The first-order valence-corrected chi connectivity index (χ1v) is 9.37. The number of halogens is 3. The van der Waals surface area contributed by atoms with Crippen molar-refractivity contribution in [2.45, 2.75) is 81.8 Å². The fourth-order valence-corrected chi connectivity index (χ4v) is 3.74. The summed E-state index contributed by atoms with van der Waals surface area (Å²) in [5.74, 6) is -0.192. The molecule has 4 nitrogen and oxygen atoms in total. The number of carbonyl (C=O) groups is 1. The van der Waals surface area contributed by atoms with Gasteiger partial charge in [-0.15, -0.1) is 0 Å². The molecule has 0 heterocycles. The van der Waals surface area contributed by atoms with E-state index in [0.29, 0.717) is 25.3 Å². The smallest absolute Gasteiger partial charge is 0.390 e. The Balaban J connectivity index is 1.78. The molecular weight excluding hydrogens is 359 g/mol. The zero-order chi connectivity index (χ0) is 20.0. The summed E-state index contributed by atoms with van der Waals surface area (Å²) in [5.41, 5.74) is -3.63. The van der Waals surface area contributed by atoms with Crippen LogP contribution >= 0.6 is 0 Å². The average molecular weight is 385 g/mol. The Hall–Kier alpha value is -1.60. The van der Waals surface area contributed by atoms with Gasteiger partial charge in [0.25, 0.3) is 5.91 Å². The van der Waals surface area contributed by atoms with E-state index in [9.17, 15) is 28.2 Å². The molecule has 2 fully saturated rings. The maximum Gasteiger partial charge on any atom is 0.421 e. The number of rotatable bonds is 4. The van der Waals surface area contributed by atoms with Gasteiger partial charge in [0.1, 0.15) is 0 Å². The van der Waals surface area contributed by atoms with Gasteiger partial charge >= 0.3 is 6.18 Å². The van der Waals surface area contributed by atoms with Gasteiger partial charge in [0, 0.05) is 17.6 Å². The molecule has 0 aromatic heterocycles. The van der Waals surface area contributed by atoms with Gasteiger partial charge < -0.3 is 15.1 Å². The van der Waals surface area contributed by atoms with Crippen LogP contribution in [0.25, 0.3) is 0 Å². The summed E-state index contributed by atoms with van der Waals surface area (Å²) < 4.78 is 38.9. The first kappa shape index (κ1) is 20.1. The molecule has 0 unspecified atom stereocenters. The van der Waals surface area contributed by atoms with Gasteiger partial charge in [-0.05, 0) is 70.1 Å². The maximum absolute atomic E-state index is 13.0. The largest absolute Gasteiger partial charge is 0.421 e. The fraction of sp³-hybridized carbons (Fsp3) is 0.650. The summed E-state index contributed by atoms with van der Waals surface area (Å²) in [6, 6.07) is 5.25. The van der Waals surface area contributed by atoms with Crippen molar-refractivity contribution in [3.63, 3.8) is 0 Å². The second kappa shape index (κ2) is 6.78. The molecule has 2 saturated carbocycles. The van der Waals surface area contributed by atoms with Gasteiger partial charge in [0.2, 0.25) is 0 Å². The minimum Gasteiger partial charge on any atom is -0.390 e. The quantitative estimate of drug-likeness (QED) is 0.830. The Kier molecular flexibility index (Phi) is 5.06. The molecule has 150 valence electrons. The lowest BCUT2D eigenvalue weighted by Crippen LogP contribution is -2.46. The van der Waals surface area contributed by atoms with Crippen molar-refractivity contribution in [2.24, 2.45) is 0 Å². The molecule has 0 bridgehead atoms. The van der Waals surface area contributed by atoms with E-state index < -0.39 is 17.4 Å². The van der Waals surface area contributed by atoms with Crippen LogP contribution in [0.5, 0.6) is 0 Å². The average Bonchev–Trinajstić information content (AvgIpc) is 3.40. The summed E-state index contributed by atoms with van der Waals surface area (Å²) in [4.78, 5) is 14.9. The second-order valence-electron chi connectivity index (χ2n) is 8.32. The molecular formula is C20H26F3NO3. The third kappa shape index (κ3) is 4.14. The van der Waals surface area contributed by atoms with Gasteiger partial charge in [-0.1, -0.05) is 12.1 Å². The third-order valence-corrected chi connectivity index (χ3v) is 5.85. The fourth-order valence-electron chi connectivity index (χ4n) is 3.74. The lowest BCUT2D eigenvalue weighted by atomic mass is 9.82. The molecule has 2 N–H and O–H groups in total. The van der Waals surface area contributed by atoms with Crippen LogP contribution < -0.4 is 0 Å². The highest BCUT2D eigenvalue weighted by Crippen LogP contribution is 2.40. The maximum atomic E-state index is 13.0. The molecule has 1 aromatic carbocycles. The van der Waals surface area contributed by atoms with E-state index in [1.165, 1.54) is 12.1 Å². The van der Waals surface area contributed by atoms with Gasteiger partial charge in [-0.3, -0.25) is 4.79 Å². The van der Waals surface area contributed by atoms with Crippen LogP contribution in [0, 0.1) is 0 Å². The summed E-state index contributed by atoms with van der Waals surface area (Å²) in [5, 5.41) is 19.9. The summed E-state index contributed by atoms with van der Waals surface area (Å²) >= 11 is 0. The Labute approximate surface area is 157 Å². The number of alkyl halides is 3. The molecule has 7 heteroatoms. The highest BCUT2D eigenvalue weighted by Gasteiger charge is 2.51. The first-order chi connectivity index (χ1) is 12.4. The van der Waals surface area contributed by atoms with Crippen molar-refractivity contribution in [2.75, 3.05) is 0 Å². The second-order valence-corrected chi connectivity index (χ2v) is 8.32. The molecule has 2 aliphatic carbocycles. The Morgan fingerprint density at radius 3 is 2.00 bits per heavy atom. The Morgan fingerprint density at radius 2 is 1.56 bits per heavy atom. The number of carbonyl (C=O) groups excluding carboxylic acids is 1. The summed E-state index contributed by atoms with van der Waals surface area (Å²) in [6.07, 6.45) is -0.244. The van der Waals surface area contributed by atoms with Crippen LogP contribution in [0.15, 0.2) is 24.3 Å². The van der Waals surface area contributed by atoms with Crippen LogP contribution in [0.2, 0.25) is 0 Å². The lowest BCUT2D eigenvalue weighted by Gasteiger charge is -2.39. The standard InChI is InChI=1S/C20H26F3NO3/c1-18(26)11-9-16(10-12-18)24(15-7-8-15)17(25)13-3-5-14(6-4-13)19(2,27)20(21,22)23/h3-6,15-16,26-27H,7-12H2,1-2H3/t16-,18-,19-/m0/s1. The minimum absolute atomic E-state index is 0.0446. The van der Waals surface area contributed by atoms with Crippen molar-refractivity contribution < 1.29 is 28.2 Å². The lowest BCUT2D eigenvalue weighted by molar-refractivity contribution is -0.258. The van der Waals surface area contributed by atoms with Crippen molar-refractivity contribution >= 4 is 5.91 Å². The normalized spacial score (nSPS) is 28.5. The molecule has 0 radical (unpaired) electrons. The van der Waals surface area contributed by atoms with Gasteiger partial charge in [0.15, 0.2) is 5.60 Å². The van der Waals surface area contributed by atoms with Crippen molar-refractivity contribution in [3.8, 4) is 0 Å². The summed E-state index contributed by atoms with van der Waals surface area (Å²) in [7, 11) is 0.